The standard InChI is InChI=1S/C21H23ClF3N3O/c22-18-10-14(23)12-28(18)19-5-4-15-16(2-1-3-17(15)27-19)20(29)26-11-13-6-8-21(24,25)9-7-13/h1-5,13-14,18H,6-12H2,(H,26,29)/t14-,18?/m0/s1. The third-order valence-corrected chi connectivity index (χ3v) is 6.24. The summed E-state index contributed by atoms with van der Waals surface area (Å²) in [6, 6.07) is 8.80. The van der Waals surface area contributed by atoms with Crippen molar-refractivity contribution >= 4 is 34.2 Å². The topological polar surface area (TPSA) is 45.2 Å². The highest BCUT2D eigenvalue weighted by Crippen LogP contribution is 2.36. The third-order valence-electron chi connectivity index (χ3n) is 5.83. The van der Waals surface area contributed by atoms with E-state index in [1.807, 2.05) is 0 Å². The highest BCUT2D eigenvalue weighted by molar-refractivity contribution is 6.22. The zero-order chi connectivity index (χ0) is 20.6. The van der Waals surface area contributed by atoms with Gasteiger partial charge < -0.3 is 10.2 Å². The molecule has 156 valence electrons. The number of amides is 1. The number of nitrogens with zero attached hydrogens (tertiary/aromatic N) is 2. The molecule has 2 aliphatic rings. The monoisotopic (exact) mass is 425 g/mol. The smallest absolute Gasteiger partial charge is 0.251 e. The number of rotatable bonds is 4. The molecule has 2 atom stereocenters. The Balaban J connectivity index is 1.47. The molecule has 8 heteroatoms. The van der Waals surface area contributed by atoms with E-state index in [0.717, 1.165) is 0 Å². The van der Waals surface area contributed by atoms with Gasteiger partial charge in [-0.05, 0) is 43.0 Å². The molecule has 2 heterocycles. The van der Waals surface area contributed by atoms with Crippen LogP contribution in [0.1, 0.15) is 42.5 Å². The van der Waals surface area contributed by atoms with Crippen molar-refractivity contribution in [2.75, 3.05) is 18.0 Å². The highest BCUT2D eigenvalue weighted by atomic mass is 35.5. The van der Waals surface area contributed by atoms with Gasteiger partial charge in [-0.3, -0.25) is 4.79 Å². The number of pyridine rings is 1. The first-order valence-electron chi connectivity index (χ1n) is 9.93. The Labute approximate surface area is 172 Å². The average molecular weight is 426 g/mol. The molecule has 1 N–H and O–H groups in total. The summed E-state index contributed by atoms with van der Waals surface area (Å²) < 4.78 is 40.2. The van der Waals surface area contributed by atoms with E-state index in [0.29, 0.717) is 41.7 Å². The van der Waals surface area contributed by atoms with Crippen molar-refractivity contribution in [2.24, 2.45) is 5.92 Å². The first kappa shape index (κ1) is 20.3. The van der Waals surface area contributed by atoms with Crippen LogP contribution in [-0.4, -0.2) is 41.6 Å². The number of hydrogen-bond donors (Lipinski definition) is 1. The van der Waals surface area contributed by atoms with Gasteiger partial charge in [-0.2, -0.15) is 0 Å². The zero-order valence-electron chi connectivity index (χ0n) is 15.9. The molecule has 1 aromatic heterocycles. The van der Waals surface area contributed by atoms with Gasteiger partial charge in [0, 0.05) is 36.8 Å². The first-order valence-corrected chi connectivity index (χ1v) is 10.4. The Hall–Kier alpha value is -2.02. The summed E-state index contributed by atoms with van der Waals surface area (Å²) in [7, 11) is 0. The lowest BCUT2D eigenvalue weighted by Crippen LogP contribution is -2.34. The molecule has 2 aromatic rings. The van der Waals surface area contributed by atoms with Crippen LogP contribution in [0.4, 0.5) is 19.0 Å². The van der Waals surface area contributed by atoms with Crippen LogP contribution < -0.4 is 10.2 Å². The minimum absolute atomic E-state index is 0.0720. The molecule has 1 aromatic carbocycles. The minimum Gasteiger partial charge on any atom is -0.352 e. The molecule has 0 radical (unpaired) electrons. The fraction of sp³-hybridized carbons (Fsp3) is 0.524. The highest BCUT2D eigenvalue weighted by Gasteiger charge is 2.35. The third kappa shape index (κ3) is 4.44. The van der Waals surface area contributed by atoms with E-state index >= 15 is 0 Å². The molecule has 1 aliphatic heterocycles. The Kier molecular flexibility index (Phi) is 5.60. The summed E-state index contributed by atoms with van der Waals surface area (Å²) in [5.41, 5.74) is 0.665. The summed E-state index contributed by atoms with van der Waals surface area (Å²) in [5, 5.41) is 3.56. The molecule has 4 rings (SSSR count). The van der Waals surface area contributed by atoms with Gasteiger partial charge in [0.15, 0.2) is 0 Å². The van der Waals surface area contributed by atoms with E-state index in [1.165, 1.54) is 0 Å². The van der Waals surface area contributed by atoms with Crippen molar-refractivity contribution in [1.82, 2.24) is 10.3 Å². The van der Waals surface area contributed by atoms with Crippen molar-refractivity contribution in [3.63, 3.8) is 0 Å². The van der Waals surface area contributed by atoms with E-state index in [1.54, 1.807) is 35.2 Å². The van der Waals surface area contributed by atoms with Gasteiger partial charge in [-0.25, -0.2) is 18.2 Å². The molecule has 2 fully saturated rings. The Bertz CT molecular complexity index is 900. The van der Waals surface area contributed by atoms with E-state index in [-0.39, 0.29) is 37.6 Å². The van der Waals surface area contributed by atoms with Gasteiger partial charge in [0.2, 0.25) is 5.92 Å². The molecule has 0 spiro atoms. The zero-order valence-corrected chi connectivity index (χ0v) is 16.6. The minimum atomic E-state index is -2.57. The van der Waals surface area contributed by atoms with Gasteiger partial charge in [-0.1, -0.05) is 17.7 Å². The molecule has 0 bridgehead atoms. The molecule has 4 nitrogen and oxygen atoms in total. The predicted octanol–water partition coefficient (Wildman–Crippen LogP) is 4.90. The predicted molar refractivity (Wildman–Crippen MR) is 107 cm³/mol. The maximum Gasteiger partial charge on any atom is 0.251 e. The number of carbonyl (C=O) groups excluding carboxylic acids is 1. The van der Waals surface area contributed by atoms with E-state index in [9.17, 15) is 18.0 Å². The number of benzene rings is 1. The van der Waals surface area contributed by atoms with Crippen molar-refractivity contribution in [3.05, 3.63) is 35.9 Å². The molecular weight excluding hydrogens is 403 g/mol. The van der Waals surface area contributed by atoms with Crippen molar-refractivity contribution < 1.29 is 18.0 Å². The number of anilines is 1. The van der Waals surface area contributed by atoms with Gasteiger partial charge in [-0.15, -0.1) is 0 Å². The molecule has 1 amide bonds. The second-order valence-corrected chi connectivity index (χ2v) is 8.47. The molecule has 1 saturated heterocycles. The number of aromatic nitrogens is 1. The number of hydrogen-bond acceptors (Lipinski definition) is 3. The molecule has 29 heavy (non-hydrogen) atoms. The van der Waals surface area contributed by atoms with Crippen LogP contribution in [0.25, 0.3) is 10.9 Å². The number of fused-ring (bicyclic) bond motifs is 1. The SMILES string of the molecule is O=C(NCC1CCC(F)(F)CC1)c1cccc2nc(N3C[C@@H](F)CC3Cl)ccc12. The van der Waals surface area contributed by atoms with Crippen LogP contribution in [0.2, 0.25) is 0 Å². The van der Waals surface area contributed by atoms with Crippen molar-refractivity contribution in [2.45, 2.75) is 49.7 Å². The van der Waals surface area contributed by atoms with Crippen LogP contribution in [0, 0.1) is 5.92 Å². The summed E-state index contributed by atoms with van der Waals surface area (Å²) in [6.45, 7) is 0.587. The maximum absolute atomic E-state index is 13.6. The first-order chi connectivity index (χ1) is 13.8. The fourth-order valence-electron chi connectivity index (χ4n) is 4.12. The average Bonchev–Trinajstić information content (AvgIpc) is 3.04. The van der Waals surface area contributed by atoms with Crippen LogP contribution >= 0.6 is 11.6 Å². The van der Waals surface area contributed by atoms with E-state index in [2.05, 4.69) is 10.3 Å². The molecule has 1 saturated carbocycles. The fourth-order valence-corrected chi connectivity index (χ4v) is 4.49. The number of carbonyl (C=O) groups is 1. The molecular formula is C21H23ClF3N3O. The normalized spacial score (nSPS) is 24.8. The second-order valence-electron chi connectivity index (χ2n) is 7.97. The summed E-state index contributed by atoms with van der Waals surface area (Å²) in [5.74, 6) is -2.16. The maximum atomic E-state index is 13.6. The van der Waals surface area contributed by atoms with Crippen LogP contribution in [0.15, 0.2) is 30.3 Å². The van der Waals surface area contributed by atoms with Crippen molar-refractivity contribution in [3.8, 4) is 0 Å². The summed E-state index contributed by atoms with van der Waals surface area (Å²) in [4.78, 5) is 19.0. The summed E-state index contributed by atoms with van der Waals surface area (Å²) in [6.07, 6.45) is -0.126. The van der Waals surface area contributed by atoms with Crippen LogP contribution in [0.3, 0.4) is 0 Å². The molecule has 1 unspecified atom stereocenters. The summed E-state index contributed by atoms with van der Waals surface area (Å²) >= 11 is 6.21. The second kappa shape index (κ2) is 8.01. The van der Waals surface area contributed by atoms with Gasteiger partial charge >= 0.3 is 0 Å². The lowest BCUT2D eigenvalue weighted by Gasteiger charge is -2.28. The quantitative estimate of drug-likeness (QED) is 0.559. The Morgan fingerprint density at radius 2 is 2.00 bits per heavy atom. The van der Waals surface area contributed by atoms with Crippen LogP contribution in [0.5, 0.6) is 0 Å². The number of alkyl halides is 4. The van der Waals surface area contributed by atoms with Gasteiger partial charge in [0.25, 0.3) is 5.91 Å². The van der Waals surface area contributed by atoms with Crippen LogP contribution in [-0.2, 0) is 0 Å². The number of halogens is 4. The Morgan fingerprint density at radius 1 is 1.24 bits per heavy atom. The van der Waals surface area contributed by atoms with E-state index < -0.39 is 17.6 Å². The Morgan fingerprint density at radius 3 is 2.69 bits per heavy atom. The van der Waals surface area contributed by atoms with Crippen molar-refractivity contribution in [1.29, 1.82) is 0 Å². The van der Waals surface area contributed by atoms with E-state index in [4.69, 9.17) is 11.6 Å². The number of nitrogens with one attached hydrogen (secondary N) is 1. The van der Waals surface area contributed by atoms with Gasteiger partial charge in [0.05, 0.1) is 12.1 Å². The van der Waals surface area contributed by atoms with Gasteiger partial charge in [0.1, 0.15) is 17.5 Å². The molecule has 1 aliphatic carbocycles. The lowest BCUT2D eigenvalue weighted by molar-refractivity contribution is -0.0452. The largest absolute Gasteiger partial charge is 0.352 e. The lowest BCUT2D eigenvalue weighted by atomic mass is 9.87.